The summed E-state index contributed by atoms with van der Waals surface area (Å²) in [7, 11) is 1.33. The molecule has 0 saturated heterocycles. The molecule has 0 unspecified atom stereocenters. The first kappa shape index (κ1) is 10.1. The molecule has 1 heterocycles. The summed E-state index contributed by atoms with van der Waals surface area (Å²) >= 11 is 3.24. The summed E-state index contributed by atoms with van der Waals surface area (Å²) in [6, 6.07) is 0. The van der Waals surface area contributed by atoms with Crippen LogP contribution in [-0.2, 0) is 13.9 Å². The van der Waals surface area contributed by atoms with Crippen molar-refractivity contribution in [2.24, 2.45) is 0 Å². The van der Waals surface area contributed by atoms with Gasteiger partial charge < -0.3 is 4.74 Å². The third-order valence-corrected chi connectivity index (χ3v) is 2.34. The molecule has 1 atom stereocenters. The molecule has 0 spiro atoms. The summed E-state index contributed by atoms with van der Waals surface area (Å²) in [5, 5.41) is 0. The Balaban J connectivity index is 3.00. The Morgan fingerprint density at radius 2 is 2.31 bits per heavy atom. The second kappa shape index (κ2) is 3.83. The van der Waals surface area contributed by atoms with Crippen LogP contribution in [0, 0.1) is 0 Å². The molecule has 13 heavy (non-hydrogen) atoms. The van der Waals surface area contributed by atoms with Crippen molar-refractivity contribution in [3.8, 4) is 0 Å². The number of aromatic nitrogens is 2. The average molecular weight is 245 g/mol. The van der Waals surface area contributed by atoms with E-state index in [9.17, 15) is 4.79 Å². The number of rotatable bonds is 2. The minimum absolute atomic E-state index is 0.395. The van der Waals surface area contributed by atoms with E-state index < -0.39 is 10.3 Å². The van der Waals surface area contributed by atoms with Crippen LogP contribution in [0.3, 0.4) is 0 Å². The molecule has 0 radical (unpaired) electrons. The second-order valence-electron chi connectivity index (χ2n) is 2.59. The average Bonchev–Trinajstić information content (AvgIpc) is 2.18. The minimum atomic E-state index is -0.921. The molecule has 70 valence electrons. The number of alkyl halides is 1. The van der Waals surface area contributed by atoms with Gasteiger partial charge in [-0.2, -0.15) is 0 Å². The quantitative estimate of drug-likeness (QED) is 0.581. The van der Waals surface area contributed by atoms with E-state index in [1.165, 1.54) is 19.5 Å². The van der Waals surface area contributed by atoms with E-state index in [2.05, 4.69) is 30.6 Å². The lowest BCUT2D eigenvalue weighted by molar-refractivity contribution is -0.143. The van der Waals surface area contributed by atoms with Crippen LogP contribution in [0.4, 0.5) is 0 Å². The van der Waals surface area contributed by atoms with Crippen molar-refractivity contribution in [1.29, 1.82) is 0 Å². The topological polar surface area (TPSA) is 52.1 Å². The van der Waals surface area contributed by atoms with Crippen LogP contribution in [0.15, 0.2) is 18.6 Å². The fourth-order valence-corrected chi connectivity index (χ4v) is 1.20. The molecule has 0 aliphatic carbocycles. The summed E-state index contributed by atoms with van der Waals surface area (Å²) in [4.78, 5) is 19.2. The summed E-state index contributed by atoms with van der Waals surface area (Å²) in [6.45, 7) is 1.67. The molecule has 1 aromatic rings. The molecule has 4 nitrogen and oxygen atoms in total. The lowest BCUT2D eigenvalue weighted by atomic mass is 10.1. The smallest absolute Gasteiger partial charge is 0.328 e. The van der Waals surface area contributed by atoms with Crippen molar-refractivity contribution in [2.45, 2.75) is 11.2 Å². The molecule has 0 bridgehead atoms. The molecule has 0 amide bonds. The third-order valence-electron chi connectivity index (χ3n) is 1.61. The minimum Gasteiger partial charge on any atom is -0.468 e. The van der Waals surface area contributed by atoms with Gasteiger partial charge in [-0.15, -0.1) is 0 Å². The summed E-state index contributed by atoms with van der Waals surface area (Å²) in [6.07, 6.45) is 4.59. The van der Waals surface area contributed by atoms with Crippen molar-refractivity contribution < 1.29 is 9.53 Å². The van der Waals surface area contributed by atoms with Crippen molar-refractivity contribution in [3.63, 3.8) is 0 Å². The number of carbonyl (C=O) groups is 1. The summed E-state index contributed by atoms with van der Waals surface area (Å²) < 4.78 is 3.70. The highest BCUT2D eigenvalue weighted by Gasteiger charge is 2.34. The normalized spacial score (nSPS) is 14.7. The van der Waals surface area contributed by atoms with Gasteiger partial charge in [0.15, 0.2) is 4.32 Å². The maximum Gasteiger partial charge on any atom is 0.328 e. The number of ether oxygens (including phenoxy) is 1. The Labute approximate surface area is 84.5 Å². The van der Waals surface area contributed by atoms with E-state index in [4.69, 9.17) is 0 Å². The lowest BCUT2D eigenvalue weighted by Crippen LogP contribution is -2.28. The standard InChI is InChI=1S/C8H9BrN2O2/c1-8(9,7(12)13-2)6-5-10-3-4-11-6/h3-5H,1-2H3/t8-/m1/s1. The first-order chi connectivity index (χ1) is 6.09. The van der Waals surface area contributed by atoms with Gasteiger partial charge in [0.1, 0.15) is 0 Å². The van der Waals surface area contributed by atoms with E-state index in [0.717, 1.165) is 0 Å². The molecule has 0 saturated carbocycles. The van der Waals surface area contributed by atoms with Gasteiger partial charge in [-0.3, -0.25) is 14.8 Å². The van der Waals surface area contributed by atoms with Crippen LogP contribution in [-0.4, -0.2) is 23.0 Å². The molecule has 0 aromatic carbocycles. The molecule has 5 heteroatoms. The van der Waals surface area contributed by atoms with E-state index >= 15 is 0 Å². The molecule has 0 aliphatic heterocycles. The highest BCUT2D eigenvalue weighted by molar-refractivity contribution is 9.10. The Morgan fingerprint density at radius 3 is 2.77 bits per heavy atom. The van der Waals surface area contributed by atoms with Crippen LogP contribution in [0.25, 0.3) is 0 Å². The molecule has 0 aliphatic rings. The van der Waals surface area contributed by atoms with E-state index in [-0.39, 0.29) is 0 Å². The highest BCUT2D eigenvalue weighted by Crippen LogP contribution is 2.29. The van der Waals surface area contributed by atoms with Crippen LogP contribution in [0.5, 0.6) is 0 Å². The molecular formula is C8H9BrN2O2. The van der Waals surface area contributed by atoms with Gasteiger partial charge in [0.25, 0.3) is 0 Å². The summed E-state index contributed by atoms with van der Waals surface area (Å²) in [5.41, 5.74) is 0.529. The summed E-state index contributed by atoms with van der Waals surface area (Å²) in [5.74, 6) is -0.395. The molecular weight excluding hydrogens is 236 g/mol. The monoisotopic (exact) mass is 244 g/mol. The van der Waals surface area contributed by atoms with Gasteiger partial charge in [-0.1, -0.05) is 15.9 Å². The van der Waals surface area contributed by atoms with Crippen LogP contribution >= 0.6 is 15.9 Å². The van der Waals surface area contributed by atoms with E-state index in [1.54, 1.807) is 13.1 Å². The largest absolute Gasteiger partial charge is 0.468 e. The Hall–Kier alpha value is -0.970. The highest BCUT2D eigenvalue weighted by atomic mass is 79.9. The molecule has 0 N–H and O–H groups in total. The third kappa shape index (κ3) is 2.03. The van der Waals surface area contributed by atoms with Gasteiger partial charge in [-0.05, 0) is 6.92 Å². The van der Waals surface area contributed by atoms with Crippen molar-refractivity contribution in [1.82, 2.24) is 9.97 Å². The molecule has 1 rings (SSSR count). The Morgan fingerprint density at radius 1 is 1.62 bits per heavy atom. The van der Waals surface area contributed by atoms with Gasteiger partial charge in [0.2, 0.25) is 0 Å². The van der Waals surface area contributed by atoms with Gasteiger partial charge in [0.05, 0.1) is 19.0 Å². The molecule has 0 fully saturated rings. The first-order valence-electron chi connectivity index (χ1n) is 3.63. The van der Waals surface area contributed by atoms with E-state index in [1.807, 2.05) is 0 Å². The number of nitrogens with zero attached hydrogens (tertiary/aromatic N) is 2. The zero-order valence-corrected chi connectivity index (χ0v) is 8.91. The van der Waals surface area contributed by atoms with Crippen LogP contribution in [0.1, 0.15) is 12.6 Å². The second-order valence-corrected chi connectivity index (χ2v) is 4.17. The zero-order chi connectivity index (χ0) is 9.90. The van der Waals surface area contributed by atoms with Crippen molar-refractivity contribution in [3.05, 3.63) is 24.3 Å². The van der Waals surface area contributed by atoms with Crippen molar-refractivity contribution >= 4 is 21.9 Å². The SMILES string of the molecule is COC(=O)[C@](C)(Br)c1cnccn1. The number of esters is 1. The maximum absolute atomic E-state index is 11.3. The predicted octanol–water partition coefficient (Wildman–Crippen LogP) is 1.26. The molecule has 1 aromatic heterocycles. The number of carbonyl (C=O) groups excluding carboxylic acids is 1. The fraction of sp³-hybridized carbons (Fsp3) is 0.375. The first-order valence-corrected chi connectivity index (χ1v) is 4.42. The van der Waals surface area contributed by atoms with E-state index in [0.29, 0.717) is 5.69 Å². The van der Waals surface area contributed by atoms with Gasteiger partial charge >= 0.3 is 5.97 Å². The number of methoxy groups -OCH3 is 1. The van der Waals surface area contributed by atoms with Crippen molar-refractivity contribution in [2.75, 3.05) is 7.11 Å². The van der Waals surface area contributed by atoms with Crippen LogP contribution in [0.2, 0.25) is 0 Å². The maximum atomic E-state index is 11.3. The number of hydrogen-bond donors (Lipinski definition) is 0. The predicted molar refractivity (Wildman–Crippen MR) is 50.3 cm³/mol. The Bertz CT molecular complexity index is 300. The Kier molecular flexibility index (Phi) is 2.98. The lowest BCUT2D eigenvalue weighted by Gasteiger charge is -2.17. The zero-order valence-electron chi connectivity index (χ0n) is 7.32. The van der Waals surface area contributed by atoms with Gasteiger partial charge in [0, 0.05) is 12.4 Å². The fourth-order valence-electron chi connectivity index (χ4n) is 0.838. The van der Waals surface area contributed by atoms with Gasteiger partial charge in [-0.25, -0.2) is 0 Å². The number of hydrogen-bond acceptors (Lipinski definition) is 4. The number of halogens is 1. The van der Waals surface area contributed by atoms with Crippen LogP contribution < -0.4 is 0 Å².